The molecular weight excluding hydrogens is 421 g/mol. The predicted molar refractivity (Wildman–Crippen MR) is 106 cm³/mol. The number of ether oxygens (including phenoxy) is 3. The highest BCUT2D eigenvalue weighted by molar-refractivity contribution is 8.18. The van der Waals surface area contributed by atoms with Crippen molar-refractivity contribution < 1.29 is 32.2 Å². The predicted octanol–water partition coefficient (Wildman–Crippen LogP) is 4.68. The van der Waals surface area contributed by atoms with Crippen LogP contribution in [0.3, 0.4) is 0 Å². The van der Waals surface area contributed by atoms with Crippen LogP contribution in [0.1, 0.15) is 11.1 Å². The van der Waals surface area contributed by atoms with Gasteiger partial charge in [-0.05, 0) is 42.1 Å². The van der Waals surface area contributed by atoms with Gasteiger partial charge >= 0.3 is 6.18 Å². The number of methoxy groups -OCH3 is 1. The van der Waals surface area contributed by atoms with E-state index in [1.54, 1.807) is 18.2 Å². The van der Waals surface area contributed by atoms with E-state index in [1.165, 1.54) is 31.2 Å². The molecule has 0 N–H and O–H groups in total. The second kappa shape index (κ2) is 7.60. The molecule has 2 aromatic rings. The Morgan fingerprint density at radius 1 is 1.20 bits per heavy atom. The summed E-state index contributed by atoms with van der Waals surface area (Å²) in [5.74, 6) is 1.24. The smallest absolute Gasteiger partial charge is 0.416 e. The van der Waals surface area contributed by atoms with Crippen LogP contribution in [0, 0.1) is 0 Å². The number of halogens is 3. The second-order valence-corrected chi connectivity index (χ2v) is 7.37. The quantitative estimate of drug-likeness (QED) is 0.654. The highest BCUT2D eigenvalue weighted by Crippen LogP contribution is 2.41. The van der Waals surface area contributed by atoms with E-state index in [-0.39, 0.29) is 23.6 Å². The molecular formula is C20H15F3N2O4S. The number of nitrogens with zero attached hydrogens (tertiary/aromatic N) is 2. The van der Waals surface area contributed by atoms with Gasteiger partial charge in [0.15, 0.2) is 16.7 Å². The molecule has 4 rings (SSSR count). The summed E-state index contributed by atoms with van der Waals surface area (Å²) in [5, 5.41) is 0.269. The summed E-state index contributed by atoms with van der Waals surface area (Å²) in [6.07, 6.45) is -2.85. The van der Waals surface area contributed by atoms with Crippen LogP contribution in [-0.4, -0.2) is 36.9 Å². The number of likely N-dealkylation sites (N-methyl/N-ethyl adjacent to an activating group) is 1. The Morgan fingerprint density at radius 2 is 1.93 bits per heavy atom. The van der Waals surface area contributed by atoms with Gasteiger partial charge in [0.05, 0.1) is 23.3 Å². The molecule has 1 amide bonds. The first-order valence-corrected chi connectivity index (χ1v) is 9.49. The van der Waals surface area contributed by atoms with Crippen molar-refractivity contribution in [3.05, 3.63) is 52.4 Å². The molecule has 0 saturated carbocycles. The molecule has 156 valence electrons. The molecule has 0 aliphatic carbocycles. The van der Waals surface area contributed by atoms with Crippen molar-refractivity contribution in [2.75, 3.05) is 21.0 Å². The summed E-state index contributed by atoms with van der Waals surface area (Å²) in [6, 6.07) is 8.00. The Balaban J connectivity index is 1.66. The molecule has 2 heterocycles. The number of rotatable bonds is 3. The van der Waals surface area contributed by atoms with Crippen molar-refractivity contribution in [3.63, 3.8) is 0 Å². The van der Waals surface area contributed by atoms with E-state index in [0.717, 1.165) is 23.9 Å². The van der Waals surface area contributed by atoms with Gasteiger partial charge in [-0.1, -0.05) is 6.07 Å². The van der Waals surface area contributed by atoms with E-state index >= 15 is 0 Å². The maximum absolute atomic E-state index is 12.9. The molecule has 2 aliphatic rings. The number of carbonyl (C=O) groups excluding carboxylic acids is 1. The molecule has 30 heavy (non-hydrogen) atoms. The third-order valence-electron chi connectivity index (χ3n) is 4.41. The topological polar surface area (TPSA) is 60.4 Å². The molecule has 0 unspecified atom stereocenters. The van der Waals surface area contributed by atoms with Crippen LogP contribution in [0.5, 0.6) is 17.2 Å². The molecule has 2 aromatic carbocycles. The van der Waals surface area contributed by atoms with Crippen molar-refractivity contribution in [3.8, 4) is 17.2 Å². The lowest BCUT2D eigenvalue weighted by atomic mass is 10.1. The van der Waals surface area contributed by atoms with Crippen LogP contribution >= 0.6 is 11.8 Å². The Hall–Kier alpha value is -3.14. The van der Waals surface area contributed by atoms with Crippen LogP contribution in [-0.2, 0) is 11.0 Å². The van der Waals surface area contributed by atoms with Gasteiger partial charge in [-0.3, -0.25) is 9.69 Å². The standard InChI is InChI=1S/C20H15F3N2O4S/c1-25-18(26)17(7-11-6-15-16(29-10-28-15)9-14(11)27-2)30-19(25)24-13-5-3-4-12(8-13)20(21,22)23/h3-9H,10H2,1-2H3/b17-7-,24-19?. The van der Waals surface area contributed by atoms with Crippen LogP contribution in [0.4, 0.5) is 18.9 Å². The van der Waals surface area contributed by atoms with Gasteiger partial charge in [-0.2, -0.15) is 13.2 Å². The zero-order valence-corrected chi connectivity index (χ0v) is 16.6. The van der Waals surface area contributed by atoms with Gasteiger partial charge in [-0.15, -0.1) is 0 Å². The SMILES string of the molecule is COc1cc2c(cc1/C=C1\SC(=Nc3cccc(C(F)(F)F)c3)N(C)C1=O)OCO2. The molecule has 1 fully saturated rings. The number of alkyl halides is 3. The summed E-state index contributed by atoms with van der Waals surface area (Å²) in [6.45, 7) is 0.0999. The number of aliphatic imine (C=N–C) groups is 1. The Morgan fingerprint density at radius 3 is 2.63 bits per heavy atom. The van der Waals surface area contributed by atoms with Crippen LogP contribution in [0.25, 0.3) is 6.08 Å². The number of amidine groups is 1. The summed E-state index contributed by atoms with van der Waals surface area (Å²) in [5.41, 5.74) is -0.0950. The van der Waals surface area contributed by atoms with Gasteiger partial charge in [0.2, 0.25) is 6.79 Å². The molecule has 0 aromatic heterocycles. The highest BCUT2D eigenvalue weighted by Gasteiger charge is 2.32. The second-order valence-electron chi connectivity index (χ2n) is 6.36. The van der Waals surface area contributed by atoms with E-state index in [2.05, 4.69) is 4.99 Å². The number of amides is 1. The van der Waals surface area contributed by atoms with Gasteiger partial charge in [0.25, 0.3) is 5.91 Å². The fraction of sp³-hybridized carbons (Fsp3) is 0.200. The fourth-order valence-electron chi connectivity index (χ4n) is 2.88. The third-order valence-corrected chi connectivity index (χ3v) is 5.47. The summed E-state index contributed by atoms with van der Waals surface area (Å²) in [4.78, 5) is 18.5. The third kappa shape index (κ3) is 3.82. The molecule has 0 bridgehead atoms. The lowest BCUT2D eigenvalue weighted by Gasteiger charge is -2.09. The molecule has 0 radical (unpaired) electrons. The first-order chi connectivity index (χ1) is 14.3. The number of hydrogen-bond donors (Lipinski definition) is 0. The average molecular weight is 436 g/mol. The van der Waals surface area contributed by atoms with E-state index in [4.69, 9.17) is 14.2 Å². The number of thioether (sulfide) groups is 1. The molecule has 0 atom stereocenters. The minimum Gasteiger partial charge on any atom is -0.496 e. The number of hydrogen-bond acceptors (Lipinski definition) is 6. The minimum atomic E-state index is -4.47. The largest absolute Gasteiger partial charge is 0.496 e. The molecule has 6 nitrogen and oxygen atoms in total. The van der Waals surface area contributed by atoms with Gasteiger partial charge < -0.3 is 14.2 Å². The first kappa shape index (κ1) is 20.1. The van der Waals surface area contributed by atoms with Crippen molar-refractivity contribution in [1.29, 1.82) is 0 Å². The van der Waals surface area contributed by atoms with Crippen molar-refractivity contribution in [1.82, 2.24) is 4.90 Å². The zero-order chi connectivity index (χ0) is 21.5. The van der Waals surface area contributed by atoms with Gasteiger partial charge in [-0.25, -0.2) is 4.99 Å². The van der Waals surface area contributed by atoms with Crippen molar-refractivity contribution >= 4 is 34.6 Å². The van der Waals surface area contributed by atoms with E-state index < -0.39 is 11.7 Å². The van der Waals surface area contributed by atoms with Gasteiger partial charge in [0, 0.05) is 18.7 Å². The zero-order valence-electron chi connectivity index (χ0n) is 15.8. The lowest BCUT2D eigenvalue weighted by Crippen LogP contribution is -2.23. The monoisotopic (exact) mass is 436 g/mol. The highest BCUT2D eigenvalue weighted by atomic mass is 32.2. The molecule has 2 aliphatic heterocycles. The minimum absolute atomic E-state index is 0.0999. The maximum Gasteiger partial charge on any atom is 0.416 e. The van der Waals surface area contributed by atoms with Gasteiger partial charge in [0.1, 0.15) is 5.75 Å². The number of carbonyl (C=O) groups is 1. The Bertz CT molecular complexity index is 1080. The van der Waals surface area contributed by atoms with Crippen LogP contribution < -0.4 is 14.2 Å². The average Bonchev–Trinajstić information content (AvgIpc) is 3.27. The molecule has 1 saturated heterocycles. The number of benzene rings is 2. The summed E-state index contributed by atoms with van der Waals surface area (Å²) >= 11 is 1.06. The van der Waals surface area contributed by atoms with E-state index in [0.29, 0.717) is 27.7 Å². The summed E-state index contributed by atoms with van der Waals surface area (Å²) < 4.78 is 54.8. The number of fused-ring (bicyclic) bond motifs is 1. The molecule has 0 spiro atoms. The molecule has 10 heteroatoms. The van der Waals surface area contributed by atoms with Crippen molar-refractivity contribution in [2.24, 2.45) is 4.99 Å². The Kier molecular flexibility index (Phi) is 5.10. The van der Waals surface area contributed by atoms with E-state index in [1.807, 2.05) is 0 Å². The fourth-order valence-corrected chi connectivity index (χ4v) is 3.86. The van der Waals surface area contributed by atoms with Crippen molar-refractivity contribution in [2.45, 2.75) is 6.18 Å². The van der Waals surface area contributed by atoms with Crippen LogP contribution in [0.2, 0.25) is 0 Å². The Labute approximate surface area is 173 Å². The first-order valence-electron chi connectivity index (χ1n) is 8.67. The lowest BCUT2D eigenvalue weighted by molar-refractivity contribution is -0.137. The maximum atomic E-state index is 12.9. The summed E-state index contributed by atoms with van der Waals surface area (Å²) in [7, 11) is 3.01. The van der Waals surface area contributed by atoms with Crippen LogP contribution in [0.15, 0.2) is 46.3 Å². The normalized spacial score (nSPS) is 18.6. The van der Waals surface area contributed by atoms with E-state index in [9.17, 15) is 18.0 Å².